The predicted molar refractivity (Wildman–Crippen MR) is 54.6 cm³/mol. The molecule has 0 saturated carbocycles. The summed E-state index contributed by atoms with van der Waals surface area (Å²) in [6.45, 7) is 8.98. The van der Waals surface area contributed by atoms with Gasteiger partial charge in [-0.25, -0.2) is 0 Å². The van der Waals surface area contributed by atoms with Gasteiger partial charge in [-0.2, -0.15) is 0 Å². The van der Waals surface area contributed by atoms with Crippen molar-refractivity contribution in [2.45, 2.75) is 53.0 Å². The van der Waals surface area contributed by atoms with E-state index in [0.29, 0.717) is 6.04 Å². The van der Waals surface area contributed by atoms with Gasteiger partial charge in [-0.1, -0.05) is 27.7 Å². The molecule has 0 aromatic rings. The first-order chi connectivity index (χ1) is 5.56. The van der Waals surface area contributed by atoms with Crippen molar-refractivity contribution in [2.24, 2.45) is 17.7 Å². The molecule has 0 bridgehead atoms. The molecule has 0 spiro atoms. The highest BCUT2D eigenvalue weighted by molar-refractivity contribution is 4.66. The van der Waals surface area contributed by atoms with Crippen LogP contribution in [-0.2, 0) is 0 Å². The number of nitrogens with two attached hydrogens (primary N) is 1. The Balaban J connectivity index is 3.53. The molecular weight excluding hydrogens is 148 g/mol. The average molecular weight is 172 g/mol. The second-order valence-electron chi connectivity index (χ2n) is 4.46. The lowest BCUT2D eigenvalue weighted by molar-refractivity contribution is 0.376. The maximum absolute atomic E-state index is 5.46. The van der Waals surface area contributed by atoms with Crippen LogP contribution in [0.15, 0.2) is 0 Å². The second-order valence-corrected chi connectivity index (χ2v) is 4.46. The first-order valence-corrected chi connectivity index (χ1v) is 5.02. The molecule has 0 heterocycles. The largest absolute Gasteiger partial charge is 0.271 e. The van der Waals surface area contributed by atoms with Crippen LogP contribution >= 0.6 is 0 Å². The highest BCUT2D eigenvalue weighted by atomic mass is 15.2. The number of rotatable bonds is 6. The van der Waals surface area contributed by atoms with E-state index in [1.165, 1.54) is 19.3 Å². The standard InChI is InChI=1S/C10H24N2/c1-8(2)5-6-10(12-11)7-9(3)4/h8-10,12H,5-7,11H2,1-4H3. The zero-order chi connectivity index (χ0) is 9.56. The molecule has 0 aliphatic carbocycles. The molecule has 1 atom stereocenters. The van der Waals surface area contributed by atoms with Crippen LogP contribution in [-0.4, -0.2) is 6.04 Å². The number of nitrogens with one attached hydrogen (secondary N) is 1. The van der Waals surface area contributed by atoms with E-state index in [1.54, 1.807) is 0 Å². The molecular formula is C10H24N2. The van der Waals surface area contributed by atoms with E-state index in [4.69, 9.17) is 5.84 Å². The Morgan fingerprint density at radius 2 is 1.58 bits per heavy atom. The van der Waals surface area contributed by atoms with Crippen LogP contribution < -0.4 is 11.3 Å². The SMILES string of the molecule is CC(C)CCC(CC(C)C)NN. The molecule has 0 fully saturated rings. The molecule has 0 aliphatic rings. The average Bonchev–Trinajstić information content (AvgIpc) is 1.97. The minimum absolute atomic E-state index is 0.507. The monoisotopic (exact) mass is 172 g/mol. The summed E-state index contributed by atoms with van der Waals surface area (Å²) >= 11 is 0. The van der Waals surface area contributed by atoms with Crippen molar-refractivity contribution in [3.05, 3.63) is 0 Å². The highest BCUT2D eigenvalue weighted by Gasteiger charge is 2.08. The Morgan fingerprint density at radius 3 is 1.92 bits per heavy atom. The van der Waals surface area contributed by atoms with Crippen LogP contribution in [0.4, 0.5) is 0 Å². The predicted octanol–water partition coefficient (Wildman–Crippen LogP) is 2.30. The minimum atomic E-state index is 0.507. The molecule has 0 radical (unpaired) electrons. The van der Waals surface area contributed by atoms with E-state index in [2.05, 4.69) is 33.1 Å². The lowest BCUT2D eigenvalue weighted by Crippen LogP contribution is -2.36. The highest BCUT2D eigenvalue weighted by Crippen LogP contribution is 2.12. The lowest BCUT2D eigenvalue weighted by Gasteiger charge is -2.18. The summed E-state index contributed by atoms with van der Waals surface area (Å²) in [6.07, 6.45) is 3.65. The molecule has 0 saturated heterocycles. The summed E-state index contributed by atoms with van der Waals surface area (Å²) in [5.41, 5.74) is 2.89. The summed E-state index contributed by atoms with van der Waals surface area (Å²) in [5, 5.41) is 0. The van der Waals surface area contributed by atoms with Gasteiger partial charge in [0.05, 0.1) is 0 Å². The van der Waals surface area contributed by atoms with Gasteiger partial charge in [0, 0.05) is 6.04 Å². The zero-order valence-electron chi connectivity index (χ0n) is 8.93. The van der Waals surface area contributed by atoms with Crippen LogP contribution in [0.2, 0.25) is 0 Å². The van der Waals surface area contributed by atoms with Gasteiger partial charge in [0.15, 0.2) is 0 Å². The summed E-state index contributed by atoms with van der Waals surface area (Å²) in [4.78, 5) is 0. The van der Waals surface area contributed by atoms with Gasteiger partial charge in [-0.05, 0) is 31.1 Å². The van der Waals surface area contributed by atoms with E-state index < -0.39 is 0 Å². The van der Waals surface area contributed by atoms with Crippen LogP contribution in [0.5, 0.6) is 0 Å². The summed E-state index contributed by atoms with van der Waals surface area (Å²) in [6, 6.07) is 0.507. The molecule has 3 N–H and O–H groups in total. The van der Waals surface area contributed by atoms with E-state index in [0.717, 1.165) is 11.8 Å². The van der Waals surface area contributed by atoms with Gasteiger partial charge in [0.1, 0.15) is 0 Å². The summed E-state index contributed by atoms with van der Waals surface area (Å²) in [5.74, 6) is 6.98. The van der Waals surface area contributed by atoms with Gasteiger partial charge in [0.2, 0.25) is 0 Å². The third-order valence-corrected chi connectivity index (χ3v) is 2.08. The van der Waals surface area contributed by atoms with Crippen LogP contribution in [0, 0.1) is 11.8 Å². The number of hydrogen-bond acceptors (Lipinski definition) is 2. The van der Waals surface area contributed by atoms with E-state index in [1.807, 2.05) is 0 Å². The van der Waals surface area contributed by atoms with E-state index >= 15 is 0 Å². The lowest BCUT2D eigenvalue weighted by atomic mass is 9.97. The second kappa shape index (κ2) is 6.44. The molecule has 74 valence electrons. The third-order valence-electron chi connectivity index (χ3n) is 2.08. The topological polar surface area (TPSA) is 38.0 Å². The smallest absolute Gasteiger partial charge is 0.0213 e. The normalized spacial score (nSPS) is 14.2. The molecule has 12 heavy (non-hydrogen) atoms. The maximum Gasteiger partial charge on any atom is 0.0213 e. The van der Waals surface area contributed by atoms with E-state index in [-0.39, 0.29) is 0 Å². The number of hydrazine groups is 1. The zero-order valence-corrected chi connectivity index (χ0v) is 8.93. The molecule has 0 aromatic heterocycles. The quantitative estimate of drug-likeness (QED) is 0.476. The van der Waals surface area contributed by atoms with Crippen molar-refractivity contribution < 1.29 is 0 Å². The van der Waals surface area contributed by atoms with Crippen LogP contribution in [0.1, 0.15) is 47.0 Å². The first kappa shape index (κ1) is 11.9. The van der Waals surface area contributed by atoms with Gasteiger partial charge >= 0.3 is 0 Å². The Morgan fingerprint density at radius 1 is 1.00 bits per heavy atom. The Kier molecular flexibility index (Phi) is 6.39. The fraction of sp³-hybridized carbons (Fsp3) is 1.00. The Hall–Kier alpha value is -0.0800. The van der Waals surface area contributed by atoms with Crippen molar-refractivity contribution >= 4 is 0 Å². The molecule has 0 amide bonds. The van der Waals surface area contributed by atoms with Gasteiger partial charge < -0.3 is 0 Å². The summed E-state index contributed by atoms with van der Waals surface area (Å²) in [7, 11) is 0. The minimum Gasteiger partial charge on any atom is -0.271 e. The molecule has 0 aromatic carbocycles. The number of hydrogen-bond donors (Lipinski definition) is 2. The molecule has 0 aliphatic heterocycles. The van der Waals surface area contributed by atoms with Crippen molar-refractivity contribution in [1.82, 2.24) is 5.43 Å². The maximum atomic E-state index is 5.46. The van der Waals surface area contributed by atoms with Gasteiger partial charge in [0.25, 0.3) is 0 Å². The van der Waals surface area contributed by atoms with Gasteiger partial charge in [-0.3, -0.25) is 11.3 Å². The van der Waals surface area contributed by atoms with Gasteiger partial charge in [-0.15, -0.1) is 0 Å². The first-order valence-electron chi connectivity index (χ1n) is 5.02. The van der Waals surface area contributed by atoms with Crippen molar-refractivity contribution in [3.8, 4) is 0 Å². The molecule has 0 rings (SSSR count). The van der Waals surface area contributed by atoms with E-state index in [9.17, 15) is 0 Å². The Labute approximate surface area is 76.9 Å². The molecule has 2 heteroatoms. The van der Waals surface area contributed by atoms with Crippen molar-refractivity contribution in [1.29, 1.82) is 0 Å². The fourth-order valence-corrected chi connectivity index (χ4v) is 1.37. The third kappa shape index (κ3) is 6.62. The molecule has 2 nitrogen and oxygen atoms in total. The fourth-order valence-electron chi connectivity index (χ4n) is 1.37. The van der Waals surface area contributed by atoms with Crippen molar-refractivity contribution in [2.75, 3.05) is 0 Å². The van der Waals surface area contributed by atoms with Crippen molar-refractivity contribution in [3.63, 3.8) is 0 Å². The van der Waals surface area contributed by atoms with Crippen LogP contribution in [0.3, 0.4) is 0 Å². The molecule has 1 unspecified atom stereocenters. The Bertz CT molecular complexity index is 100. The van der Waals surface area contributed by atoms with Crippen LogP contribution in [0.25, 0.3) is 0 Å². The summed E-state index contributed by atoms with van der Waals surface area (Å²) < 4.78 is 0.